The molecule has 1 heterocycles. The molecule has 0 aliphatic carbocycles. The highest BCUT2D eigenvalue weighted by Crippen LogP contribution is 2.09. The zero-order valence-corrected chi connectivity index (χ0v) is 14.9. The Labute approximate surface area is 150 Å². The summed E-state index contributed by atoms with van der Waals surface area (Å²) in [5.74, 6) is -0.666. The van der Waals surface area contributed by atoms with Gasteiger partial charge in [0.2, 0.25) is 0 Å². The molecule has 0 aromatic rings. The standard InChI is InChI=1S/C7H10O3.C4H6O2.C2H2Cl2.CH3NO2/c1-5(2)7(8)10-4-6-3-9-6;1-3-6-4(2)5;1-2(3)4;2-1(3)4/h6H,1,3-4H2,2H3;3H,1H2,2H3;1H2;2H2,(H,3,4). The van der Waals surface area contributed by atoms with Crippen LogP contribution in [0.4, 0.5) is 4.79 Å². The van der Waals surface area contributed by atoms with Crippen LogP contribution in [0.2, 0.25) is 0 Å². The molecule has 138 valence electrons. The summed E-state index contributed by atoms with van der Waals surface area (Å²) in [6, 6.07) is 0. The van der Waals surface area contributed by atoms with Gasteiger partial charge < -0.3 is 25.1 Å². The van der Waals surface area contributed by atoms with E-state index in [2.05, 4.69) is 30.2 Å². The normalized spacial score (nSPS) is 12.9. The van der Waals surface area contributed by atoms with Gasteiger partial charge in [0.25, 0.3) is 0 Å². The Morgan fingerprint density at radius 3 is 1.88 bits per heavy atom. The first-order valence-corrected chi connectivity index (χ1v) is 6.90. The molecule has 1 rings (SSSR count). The maximum absolute atomic E-state index is 10.7. The van der Waals surface area contributed by atoms with Gasteiger partial charge in [0.05, 0.1) is 17.4 Å². The number of hydrogen-bond donors (Lipinski definition) is 2. The van der Waals surface area contributed by atoms with E-state index < -0.39 is 6.09 Å². The Morgan fingerprint density at radius 2 is 1.71 bits per heavy atom. The lowest BCUT2D eigenvalue weighted by molar-refractivity contribution is -0.139. The van der Waals surface area contributed by atoms with E-state index in [0.29, 0.717) is 18.8 Å². The van der Waals surface area contributed by atoms with Crippen molar-refractivity contribution in [2.24, 2.45) is 5.73 Å². The number of halogens is 2. The van der Waals surface area contributed by atoms with Crippen LogP contribution in [-0.2, 0) is 23.8 Å². The van der Waals surface area contributed by atoms with Gasteiger partial charge in [0.15, 0.2) is 0 Å². The van der Waals surface area contributed by atoms with Crippen LogP contribution in [-0.4, -0.2) is 42.5 Å². The molecule has 1 atom stereocenters. The number of primary amides is 1. The second-order valence-electron chi connectivity index (χ2n) is 3.79. The number of hydrogen-bond acceptors (Lipinski definition) is 6. The Morgan fingerprint density at radius 1 is 1.33 bits per heavy atom. The van der Waals surface area contributed by atoms with Crippen molar-refractivity contribution < 1.29 is 33.7 Å². The van der Waals surface area contributed by atoms with E-state index >= 15 is 0 Å². The third-order valence-corrected chi connectivity index (χ3v) is 1.40. The molecule has 1 unspecified atom stereocenters. The minimum atomic E-state index is -1.33. The Balaban J connectivity index is -0.000000271. The summed E-state index contributed by atoms with van der Waals surface area (Å²) >= 11 is 9.69. The minimum Gasteiger partial charge on any atom is -0.465 e. The molecule has 0 radical (unpaired) electrons. The number of epoxide rings is 1. The van der Waals surface area contributed by atoms with Crippen LogP contribution in [0.1, 0.15) is 13.8 Å². The van der Waals surface area contributed by atoms with Gasteiger partial charge in [-0.05, 0) is 6.92 Å². The highest BCUT2D eigenvalue weighted by atomic mass is 35.5. The van der Waals surface area contributed by atoms with Crippen LogP contribution in [0.15, 0.2) is 36.1 Å². The molecular formula is C14H21Cl2NO7. The highest BCUT2D eigenvalue weighted by molar-refractivity contribution is 6.55. The average molecular weight is 386 g/mol. The Bertz CT molecular complexity index is 428. The molecule has 0 bridgehead atoms. The van der Waals surface area contributed by atoms with Crippen LogP contribution >= 0.6 is 23.2 Å². The van der Waals surface area contributed by atoms with E-state index in [1.54, 1.807) is 6.92 Å². The van der Waals surface area contributed by atoms with Crippen molar-refractivity contribution in [3.63, 3.8) is 0 Å². The van der Waals surface area contributed by atoms with Crippen molar-refractivity contribution in [1.29, 1.82) is 0 Å². The van der Waals surface area contributed by atoms with E-state index in [4.69, 9.17) is 42.6 Å². The summed E-state index contributed by atoms with van der Waals surface area (Å²) in [4.78, 5) is 29.2. The van der Waals surface area contributed by atoms with Crippen molar-refractivity contribution in [2.45, 2.75) is 20.0 Å². The number of carbonyl (C=O) groups excluding carboxylic acids is 2. The van der Waals surface area contributed by atoms with E-state index in [1.165, 1.54) is 6.92 Å². The van der Waals surface area contributed by atoms with Gasteiger partial charge in [-0.2, -0.15) is 0 Å². The van der Waals surface area contributed by atoms with Gasteiger partial charge in [0.1, 0.15) is 12.7 Å². The monoisotopic (exact) mass is 385 g/mol. The lowest BCUT2D eigenvalue weighted by atomic mass is 10.4. The third-order valence-electron chi connectivity index (χ3n) is 1.40. The highest BCUT2D eigenvalue weighted by Gasteiger charge is 2.24. The van der Waals surface area contributed by atoms with Gasteiger partial charge in [-0.3, -0.25) is 4.79 Å². The van der Waals surface area contributed by atoms with Crippen molar-refractivity contribution in [2.75, 3.05) is 13.2 Å². The molecule has 0 aromatic heterocycles. The predicted molar refractivity (Wildman–Crippen MR) is 90.5 cm³/mol. The smallest absolute Gasteiger partial charge is 0.402 e. The summed E-state index contributed by atoms with van der Waals surface area (Å²) in [5.41, 5.74) is 4.46. The fraction of sp³-hybridized carbons (Fsp3) is 0.357. The number of carboxylic acid groups (broad SMARTS) is 1. The number of nitrogens with two attached hydrogens (primary N) is 1. The van der Waals surface area contributed by atoms with Crippen LogP contribution in [0.3, 0.4) is 0 Å². The van der Waals surface area contributed by atoms with Crippen molar-refractivity contribution in [3.8, 4) is 0 Å². The molecule has 8 nitrogen and oxygen atoms in total. The number of carbonyl (C=O) groups is 3. The Hall–Kier alpha value is -2.03. The van der Waals surface area contributed by atoms with Gasteiger partial charge in [-0.15, -0.1) is 0 Å². The lowest BCUT2D eigenvalue weighted by Gasteiger charge is -1.99. The predicted octanol–water partition coefficient (Wildman–Crippen LogP) is 2.76. The molecule has 1 aliphatic heterocycles. The first kappa shape index (κ1) is 26.8. The second kappa shape index (κ2) is 17.3. The van der Waals surface area contributed by atoms with Crippen LogP contribution < -0.4 is 5.73 Å². The third kappa shape index (κ3) is 42.7. The molecular weight excluding hydrogens is 365 g/mol. The average Bonchev–Trinajstić information content (AvgIpc) is 3.18. The fourth-order valence-corrected chi connectivity index (χ4v) is 0.573. The van der Waals surface area contributed by atoms with Crippen molar-refractivity contribution >= 4 is 41.2 Å². The zero-order chi connectivity index (χ0) is 19.7. The lowest BCUT2D eigenvalue weighted by Crippen LogP contribution is -2.09. The summed E-state index contributed by atoms with van der Waals surface area (Å²) in [6.45, 7) is 13.7. The van der Waals surface area contributed by atoms with E-state index in [-0.39, 0.29) is 22.5 Å². The van der Waals surface area contributed by atoms with Crippen LogP contribution in [0.5, 0.6) is 0 Å². The van der Waals surface area contributed by atoms with Gasteiger partial charge in [-0.1, -0.05) is 42.9 Å². The van der Waals surface area contributed by atoms with E-state index in [9.17, 15) is 9.59 Å². The van der Waals surface area contributed by atoms with Crippen LogP contribution in [0.25, 0.3) is 0 Å². The topological polar surface area (TPSA) is 128 Å². The SMILES string of the molecule is C=C(C)C(=O)OCC1CO1.C=C(Cl)Cl.C=COC(C)=O.NC(=O)O. The second-order valence-corrected chi connectivity index (χ2v) is 4.89. The quantitative estimate of drug-likeness (QED) is 0.329. The molecule has 3 N–H and O–H groups in total. The number of esters is 2. The Kier molecular flexibility index (Phi) is 19.4. The molecule has 0 aromatic carbocycles. The van der Waals surface area contributed by atoms with Gasteiger partial charge >= 0.3 is 18.0 Å². The molecule has 1 fully saturated rings. The van der Waals surface area contributed by atoms with E-state index in [0.717, 1.165) is 6.26 Å². The maximum atomic E-state index is 10.7. The summed E-state index contributed by atoms with van der Waals surface area (Å²) in [5, 5.41) is 7.19. The molecule has 24 heavy (non-hydrogen) atoms. The van der Waals surface area contributed by atoms with E-state index in [1.807, 2.05) is 0 Å². The summed E-state index contributed by atoms with van der Waals surface area (Å²) < 4.78 is 13.9. The number of amides is 1. The number of rotatable bonds is 4. The zero-order valence-electron chi connectivity index (χ0n) is 13.4. The van der Waals surface area contributed by atoms with Gasteiger partial charge in [-0.25, -0.2) is 9.59 Å². The largest absolute Gasteiger partial charge is 0.465 e. The number of ether oxygens (including phenoxy) is 3. The van der Waals surface area contributed by atoms with Crippen molar-refractivity contribution in [3.05, 3.63) is 36.1 Å². The summed E-state index contributed by atoms with van der Waals surface area (Å²) in [6.07, 6.45) is -0.0919. The van der Waals surface area contributed by atoms with Gasteiger partial charge in [0, 0.05) is 12.5 Å². The minimum absolute atomic E-state index is 0.111. The van der Waals surface area contributed by atoms with Crippen molar-refractivity contribution in [1.82, 2.24) is 0 Å². The van der Waals surface area contributed by atoms with Crippen LogP contribution in [0, 0.1) is 0 Å². The fourth-order valence-electron chi connectivity index (χ4n) is 0.573. The maximum Gasteiger partial charge on any atom is 0.402 e. The molecule has 0 saturated carbocycles. The molecule has 1 aliphatic rings. The molecule has 10 heteroatoms. The molecule has 0 spiro atoms. The first-order chi connectivity index (χ1) is 10.9. The first-order valence-electron chi connectivity index (χ1n) is 6.14. The molecule has 1 saturated heterocycles. The summed E-state index contributed by atoms with van der Waals surface area (Å²) in [7, 11) is 0. The molecule has 1 amide bonds.